The van der Waals surface area contributed by atoms with E-state index in [0.29, 0.717) is 18.4 Å². The molecule has 0 radical (unpaired) electrons. The maximum atomic E-state index is 13.6. The van der Waals surface area contributed by atoms with Gasteiger partial charge in [0.25, 0.3) is 0 Å². The van der Waals surface area contributed by atoms with E-state index in [0.717, 1.165) is 11.9 Å². The summed E-state index contributed by atoms with van der Waals surface area (Å²) < 4.78 is 28.4. The molecule has 1 unspecified atom stereocenters. The molecule has 1 heterocycles. The largest absolute Gasteiger partial charge is 0.338 e. The van der Waals surface area contributed by atoms with Crippen molar-refractivity contribution in [2.45, 2.75) is 18.9 Å². The van der Waals surface area contributed by atoms with Crippen molar-refractivity contribution in [3.8, 4) is 0 Å². The quantitative estimate of drug-likeness (QED) is 0.897. The van der Waals surface area contributed by atoms with Crippen LogP contribution in [0.1, 0.15) is 11.4 Å². The molecular weight excluding hydrogens is 248 g/mol. The van der Waals surface area contributed by atoms with Crippen LogP contribution in [0.5, 0.6) is 0 Å². The number of likely N-dealkylation sites (N-methyl/N-ethyl adjacent to an activating group) is 1. The molecule has 0 aliphatic carbocycles. The van der Waals surface area contributed by atoms with Crippen LogP contribution in [0.4, 0.5) is 8.78 Å². The minimum absolute atomic E-state index is 0.0565. The molecule has 0 bridgehead atoms. The van der Waals surface area contributed by atoms with Crippen LogP contribution in [0.2, 0.25) is 0 Å². The number of nitrogens with one attached hydrogen (secondary N) is 1. The number of halogens is 2. The van der Waals surface area contributed by atoms with E-state index in [4.69, 9.17) is 0 Å². The minimum atomic E-state index is -0.550. The Hall–Kier alpha value is -1.75. The summed E-state index contributed by atoms with van der Waals surface area (Å²) in [4.78, 5) is 4.25. The van der Waals surface area contributed by atoms with Crippen LogP contribution in [0.3, 0.4) is 0 Å². The fraction of sp³-hybridized carbons (Fsp3) is 0.357. The number of rotatable bonds is 5. The van der Waals surface area contributed by atoms with Crippen molar-refractivity contribution in [2.75, 3.05) is 7.05 Å². The minimum Gasteiger partial charge on any atom is -0.338 e. The molecule has 19 heavy (non-hydrogen) atoms. The van der Waals surface area contributed by atoms with Gasteiger partial charge in [0.1, 0.15) is 17.5 Å². The normalized spacial score (nSPS) is 12.6. The van der Waals surface area contributed by atoms with Crippen LogP contribution >= 0.6 is 0 Å². The third-order valence-electron chi connectivity index (χ3n) is 3.24. The Balaban J connectivity index is 2.09. The molecule has 0 saturated heterocycles. The number of aryl methyl sites for hydroxylation is 1. The molecule has 5 heteroatoms. The van der Waals surface area contributed by atoms with Crippen molar-refractivity contribution in [3.63, 3.8) is 0 Å². The van der Waals surface area contributed by atoms with Gasteiger partial charge in [0.2, 0.25) is 0 Å². The van der Waals surface area contributed by atoms with Gasteiger partial charge < -0.3 is 9.88 Å². The lowest BCUT2D eigenvalue weighted by atomic mass is 10.0. The highest BCUT2D eigenvalue weighted by molar-refractivity contribution is 5.20. The molecule has 0 spiro atoms. The van der Waals surface area contributed by atoms with Crippen molar-refractivity contribution >= 4 is 0 Å². The standard InChI is InChI=1S/C14H17F2N3/c1-17-12(9-14-18-5-6-19(14)2)7-10-3-4-11(15)8-13(10)16/h3-6,8,12,17H,7,9H2,1-2H3. The lowest BCUT2D eigenvalue weighted by molar-refractivity contribution is 0.511. The maximum absolute atomic E-state index is 13.6. The summed E-state index contributed by atoms with van der Waals surface area (Å²) in [6, 6.07) is 3.75. The van der Waals surface area contributed by atoms with Crippen LogP contribution in [-0.4, -0.2) is 22.6 Å². The van der Waals surface area contributed by atoms with E-state index < -0.39 is 11.6 Å². The molecule has 1 aromatic heterocycles. The Morgan fingerprint density at radius 2 is 2.11 bits per heavy atom. The van der Waals surface area contributed by atoms with Gasteiger partial charge in [-0.2, -0.15) is 0 Å². The summed E-state index contributed by atoms with van der Waals surface area (Å²) in [5.41, 5.74) is 0.509. The lowest BCUT2D eigenvalue weighted by Crippen LogP contribution is -2.31. The van der Waals surface area contributed by atoms with E-state index >= 15 is 0 Å². The molecule has 1 atom stereocenters. The second kappa shape index (κ2) is 5.93. The van der Waals surface area contributed by atoms with Crippen LogP contribution in [0.15, 0.2) is 30.6 Å². The number of hydrogen-bond acceptors (Lipinski definition) is 2. The predicted molar refractivity (Wildman–Crippen MR) is 69.8 cm³/mol. The molecule has 102 valence electrons. The zero-order chi connectivity index (χ0) is 13.8. The van der Waals surface area contributed by atoms with Gasteiger partial charge in [-0.1, -0.05) is 6.07 Å². The van der Waals surface area contributed by atoms with E-state index in [1.165, 1.54) is 12.1 Å². The molecule has 1 aromatic carbocycles. The molecule has 3 nitrogen and oxygen atoms in total. The second-order valence-electron chi connectivity index (χ2n) is 4.58. The molecular formula is C14H17F2N3. The van der Waals surface area contributed by atoms with Gasteiger partial charge in [-0.3, -0.25) is 0 Å². The Morgan fingerprint density at radius 3 is 2.68 bits per heavy atom. The van der Waals surface area contributed by atoms with Crippen LogP contribution < -0.4 is 5.32 Å². The van der Waals surface area contributed by atoms with Gasteiger partial charge in [-0.05, 0) is 25.1 Å². The zero-order valence-electron chi connectivity index (χ0n) is 11.0. The van der Waals surface area contributed by atoms with Crippen molar-refractivity contribution in [3.05, 3.63) is 53.6 Å². The maximum Gasteiger partial charge on any atom is 0.129 e. The number of nitrogens with zero attached hydrogens (tertiary/aromatic N) is 2. The first-order chi connectivity index (χ1) is 9.10. The van der Waals surface area contributed by atoms with Crippen molar-refractivity contribution in [1.82, 2.24) is 14.9 Å². The lowest BCUT2D eigenvalue weighted by Gasteiger charge is -2.16. The smallest absolute Gasteiger partial charge is 0.129 e. The third kappa shape index (κ3) is 3.38. The Morgan fingerprint density at radius 1 is 1.32 bits per heavy atom. The number of imidazole rings is 1. The predicted octanol–water partition coefficient (Wildman–Crippen LogP) is 2.07. The number of aromatic nitrogens is 2. The van der Waals surface area contributed by atoms with Gasteiger partial charge in [-0.25, -0.2) is 13.8 Å². The van der Waals surface area contributed by atoms with Crippen LogP contribution in [0.25, 0.3) is 0 Å². The molecule has 0 fully saturated rings. The first kappa shape index (κ1) is 13.7. The molecule has 0 amide bonds. The highest BCUT2D eigenvalue weighted by Gasteiger charge is 2.14. The molecule has 2 rings (SSSR count). The molecule has 0 aliphatic rings. The fourth-order valence-corrected chi connectivity index (χ4v) is 2.04. The summed E-state index contributed by atoms with van der Waals surface area (Å²) in [6.07, 6.45) is 4.80. The highest BCUT2D eigenvalue weighted by atomic mass is 19.1. The van der Waals surface area contributed by atoms with E-state index in [-0.39, 0.29) is 6.04 Å². The average Bonchev–Trinajstić information content (AvgIpc) is 2.77. The summed E-state index contributed by atoms with van der Waals surface area (Å²) >= 11 is 0. The third-order valence-corrected chi connectivity index (χ3v) is 3.24. The Labute approximate surface area is 111 Å². The summed E-state index contributed by atoms with van der Waals surface area (Å²) in [5, 5.41) is 3.14. The summed E-state index contributed by atoms with van der Waals surface area (Å²) in [5.74, 6) is -0.117. The van der Waals surface area contributed by atoms with E-state index in [1.807, 2.05) is 24.9 Å². The molecule has 0 saturated carbocycles. The van der Waals surface area contributed by atoms with Gasteiger partial charge >= 0.3 is 0 Å². The van der Waals surface area contributed by atoms with Crippen molar-refractivity contribution in [2.24, 2.45) is 7.05 Å². The molecule has 0 aliphatic heterocycles. The molecule has 1 N–H and O–H groups in total. The summed E-state index contributed by atoms with van der Waals surface area (Å²) in [6.45, 7) is 0. The van der Waals surface area contributed by atoms with E-state index in [1.54, 1.807) is 6.20 Å². The fourth-order valence-electron chi connectivity index (χ4n) is 2.04. The van der Waals surface area contributed by atoms with Crippen molar-refractivity contribution in [1.29, 1.82) is 0 Å². The van der Waals surface area contributed by atoms with Crippen LogP contribution in [0, 0.1) is 11.6 Å². The Bertz CT molecular complexity index is 551. The van der Waals surface area contributed by atoms with Crippen molar-refractivity contribution < 1.29 is 8.78 Å². The zero-order valence-corrected chi connectivity index (χ0v) is 11.0. The van der Waals surface area contributed by atoms with Gasteiger partial charge in [0.05, 0.1) is 0 Å². The van der Waals surface area contributed by atoms with Crippen LogP contribution in [-0.2, 0) is 19.9 Å². The molecule has 2 aromatic rings. The SMILES string of the molecule is CNC(Cc1ccc(F)cc1F)Cc1nccn1C. The van der Waals surface area contributed by atoms with Gasteiger partial charge in [-0.15, -0.1) is 0 Å². The second-order valence-corrected chi connectivity index (χ2v) is 4.58. The highest BCUT2D eigenvalue weighted by Crippen LogP contribution is 2.13. The van der Waals surface area contributed by atoms with Gasteiger partial charge in [0, 0.05) is 38.0 Å². The average molecular weight is 265 g/mol. The van der Waals surface area contributed by atoms with E-state index in [2.05, 4.69) is 10.3 Å². The Kier molecular flexibility index (Phi) is 4.27. The summed E-state index contributed by atoms with van der Waals surface area (Å²) in [7, 11) is 3.75. The first-order valence-electron chi connectivity index (χ1n) is 6.17. The first-order valence-corrected chi connectivity index (χ1v) is 6.17. The van der Waals surface area contributed by atoms with E-state index in [9.17, 15) is 8.78 Å². The van der Waals surface area contributed by atoms with Gasteiger partial charge in [0.15, 0.2) is 0 Å². The monoisotopic (exact) mass is 265 g/mol. The number of hydrogen-bond donors (Lipinski definition) is 1. The topological polar surface area (TPSA) is 29.9 Å². The number of benzene rings is 1.